The number of rotatable bonds is 8. The maximum Gasteiger partial charge on any atom is 0.266 e. The van der Waals surface area contributed by atoms with Crippen molar-refractivity contribution >= 4 is 27.3 Å². The average molecular weight is 442 g/mol. The zero-order chi connectivity index (χ0) is 22.4. The maximum atomic E-state index is 13.4. The molecule has 0 aliphatic carbocycles. The van der Waals surface area contributed by atoms with Crippen LogP contribution in [0.15, 0.2) is 71.9 Å². The molecule has 1 aromatic heterocycles. The number of nitrogens with zero attached hydrogens (tertiary/aromatic N) is 2. The molecule has 0 saturated heterocycles. The van der Waals surface area contributed by atoms with Crippen LogP contribution in [0, 0.1) is 5.82 Å². The van der Waals surface area contributed by atoms with Gasteiger partial charge in [-0.15, -0.1) is 0 Å². The third-order valence-electron chi connectivity index (χ3n) is 4.89. The topological polar surface area (TPSA) is 79.4 Å². The summed E-state index contributed by atoms with van der Waals surface area (Å²) in [5.74, 6) is -0.997. The number of halogens is 1. The van der Waals surface area contributed by atoms with Gasteiger partial charge in [-0.25, -0.2) is 12.8 Å². The van der Waals surface area contributed by atoms with Gasteiger partial charge in [0.05, 0.1) is 5.69 Å². The van der Waals surface area contributed by atoms with Crippen LogP contribution in [0.2, 0.25) is 0 Å². The van der Waals surface area contributed by atoms with Gasteiger partial charge >= 0.3 is 0 Å². The summed E-state index contributed by atoms with van der Waals surface area (Å²) in [6.07, 6.45) is 4.12. The maximum absolute atomic E-state index is 13.4. The largest absolute Gasteiger partial charge is 0.324 e. The number of aromatic nitrogens is 1. The van der Waals surface area contributed by atoms with Crippen molar-refractivity contribution in [1.82, 2.24) is 4.98 Å². The van der Waals surface area contributed by atoms with E-state index in [0.717, 1.165) is 40.4 Å². The summed E-state index contributed by atoms with van der Waals surface area (Å²) in [6.45, 7) is 3.51. The predicted octanol–water partition coefficient (Wildman–Crippen LogP) is 4.18. The first-order valence-electron chi connectivity index (χ1n) is 9.95. The average Bonchev–Trinajstić information content (AvgIpc) is 2.79. The third kappa shape index (κ3) is 5.08. The minimum Gasteiger partial charge on any atom is -0.324 e. The van der Waals surface area contributed by atoms with Crippen molar-refractivity contribution in [3.05, 3.63) is 83.9 Å². The fraction of sp³-hybridized carbons (Fsp3) is 0.217. The summed E-state index contributed by atoms with van der Waals surface area (Å²) in [7, 11) is -4.10. The Morgan fingerprint density at radius 1 is 1.00 bits per heavy atom. The van der Waals surface area contributed by atoms with Gasteiger partial charge in [0.15, 0.2) is 0 Å². The monoisotopic (exact) mass is 441 g/mol. The van der Waals surface area contributed by atoms with E-state index in [-0.39, 0.29) is 10.6 Å². The van der Waals surface area contributed by atoms with Crippen LogP contribution in [0.3, 0.4) is 0 Å². The van der Waals surface area contributed by atoms with Crippen molar-refractivity contribution in [1.29, 1.82) is 0 Å². The molecule has 0 atom stereocenters. The Labute approximate surface area is 181 Å². The highest BCUT2D eigenvalue weighted by molar-refractivity contribution is 7.92. The molecule has 6 nitrogen and oxygen atoms in total. The van der Waals surface area contributed by atoms with Crippen molar-refractivity contribution in [2.75, 3.05) is 16.2 Å². The van der Waals surface area contributed by atoms with Crippen molar-refractivity contribution < 1.29 is 17.6 Å². The van der Waals surface area contributed by atoms with Crippen molar-refractivity contribution in [3.8, 4) is 0 Å². The molecule has 0 aliphatic rings. The molecule has 1 N–H and O–H groups in total. The Bertz CT molecular complexity index is 1130. The van der Waals surface area contributed by atoms with Gasteiger partial charge in [-0.2, -0.15) is 0 Å². The summed E-state index contributed by atoms with van der Waals surface area (Å²) in [5, 5.41) is 2.88. The Hall–Kier alpha value is -3.26. The molecule has 0 unspecified atom stereocenters. The summed E-state index contributed by atoms with van der Waals surface area (Å²) in [5.41, 5.74) is 2.82. The quantitative estimate of drug-likeness (QED) is 0.569. The van der Waals surface area contributed by atoms with E-state index in [4.69, 9.17) is 0 Å². The van der Waals surface area contributed by atoms with Crippen LogP contribution in [-0.4, -0.2) is 25.9 Å². The first kappa shape index (κ1) is 22.4. The fourth-order valence-corrected chi connectivity index (χ4v) is 4.65. The summed E-state index contributed by atoms with van der Waals surface area (Å²) in [6, 6.07) is 13.7. The number of amides is 1. The smallest absolute Gasteiger partial charge is 0.266 e. The number of sulfonamides is 1. The highest BCUT2D eigenvalue weighted by Crippen LogP contribution is 2.25. The van der Waals surface area contributed by atoms with E-state index in [2.05, 4.69) is 10.3 Å². The molecular weight excluding hydrogens is 417 g/mol. The third-order valence-corrected chi connectivity index (χ3v) is 6.64. The van der Waals surface area contributed by atoms with Crippen molar-refractivity contribution in [2.45, 2.75) is 31.6 Å². The van der Waals surface area contributed by atoms with Crippen LogP contribution in [-0.2, 0) is 27.7 Å². The van der Waals surface area contributed by atoms with Gasteiger partial charge in [0.1, 0.15) is 17.3 Å². The van der Waals surface area contributed by atoms with Crippen LogP contribution >= 0.6 is 0 Å². The normalized spacial score (nSPS) is 11.2. The number of benzene rings is 2. The molecule has 1 amide bonds. The van der Waals surface area contributed by atoms with Gasteiger partial charge in [-0.05, 0) is 60.4 Å². The number of pyridine rings is 1. The molecule has 31 heavy (non-hydrogen) atoms. The second-order valence-corrected chi connectivity index (χ2v) is 8.75. The molecule has 1 heterocycles. The van der Waals surface area contributed by atoms with Crippen LogP contribution in [0.5, 0.6) is 0 Å². The van der Waals surface area contributed by atoms with E-state index in [9.17, 15) is 17.6 Å². The molecule has 8 heteroatoms. The van der Waals surface area contributed by atoms with Crippen LogP contribution in [0.25, 0.3) is 0 Å². The van der Waals surface area contributed by atoms with Gasteiger partial charge in [0.25, 0.3) is 10.0 Å². The van der Waals surface area contributed by atoms with Gasteiger partial charge in [0.2, 0.25) is 5.91 Å². The van der Waals surface area contributed by atoms with E-state index < -0.39 is 28.3 Å². The Balaban J connectivity index is 1.96. The second kappa shape index (κ2) is 9.70. The molecule has 0 aliphatic heterocycles. The lowest BCUT2D eigenvalue weighted by Crippen LogP contribution is -2.38. The lowest BCUT2D eigenvalue weighted by Gasteiger charge is -2.24. The number of hydrogen-bond donors (Lipinski definition) is 1. The number of hydrogen-bond acceptors (Lipinski definition) is 4. The number of carbonyl (C=O) groups is 1. The van der Waals surface area contributed by atoms with Gasteiger partial charge in [0, 0.05) is 18.1 Å². The van der Waals surface area contributed by atoms with Gasteiger partial charge < -0.3 is 5.32 Å². The molecule has 2 aromatic carbocycles. The van der Waals surface area contributed by atoms with E-state index >= 15 is 0 Å². The number of aryl methyl sites for hydroxylation is 2. The minimum atomic E-state index is -4.10. The number of nitrogens with one attached hydrogen (secondary N) is 1. The molecular formula is C23H24FN3O3S. The zero-order valence-electron chi connectivity index (χ0n) is 17.4. The van der Waals surface area contributed by atoms with E-state index in [1.54, 1.807) is 0 Å². The Morgan fingerprint density at radius 3 is 2.19 bits per heavy atom. The van der Waals surface area contributed by atoms with Crippen LogP contribution in [0.4, 0.5) is 15.8 Å². The van der Waals surface area contributed by atoms with Crippen LogP contribution < -0.4 is 9.62 Å². The molecule has 0 spiro atoms. The molecule has 3 rings (SSSR count). The number of anilines is 2. The molecule has 0 bridgehead atoms. The van der Waals surface area contributed by atoms with E-state index in [1.165, 1.54) is 36.7 Å². The first-order chi connectivity index (χ1) is 14.9. The minimum absolute atomic E-state index is 0.0599. The lowest BCUT2D eigenvalue weighted by atomic mass is 10.0. The summed E-state index contributed by atoms with van der Waals surface area (Å²) >= 11 is 0. The van der Waals surface area contributed by atoms with Crippen molar-refractivity contribution in [2.24, 2.45) is 0 Å². The van der Waals surface area contributed by atoms with E-state index in [0.29, 0.717) is 5.69 Å². The molecule has 0 saturated carbocycles. The highest BCUT2D eigenvalue weighted by Gasteiger charge is 2.28. The SMILES string of the molecule is CCc1cccc(CC)c1NC(=O)CN(c1ccc(F)cc1)S(=O)(=O)c1cccnc1. The second-order valence-electron chi connectivity index (χ2n) is 6.88. The van der Waals surface area contributed by atoms with Gasteiger partial charge in [-0.3, -0.25) is 14.1 Å². The van der Waals surface area contributed by atoms with Gasteiger partial charge in [-0.1, -0.05) is 32.0 Å². The number of para-hydroxylation sites is 1. The molecule has 0 fully saturated rings. The summed E-state index contributed by atoms with van der Waals surface area (Å²) in [4.78, 5) is 16.8. The van der Waals surface area contributed by atoms with Crippen molar-refractivity contribution in [3.63, 3.8) is 0 Å². The fourth-order valence-electron chi connectivity index (χ4n) is 3.26. The summed E-state index contributed by atoms with van der Waals surface area (Å²) < 4.78 is 40.9. The van der Waals surface area contributed by atoms with E-state index in [1.807, 2.05) is 32.0 Å². The van der Waals surface area contributed by atoms with Crippen LogP contribution in [0.1, 0.15) is 25.0 Å². The standard InChI is InChI=1S/C23H24FN3O3S/c1-3-17-7-5-8-18(4-2)23(17)26-22(28)16-27(20-12-10-19(24)11-13-20)31(29,30)21-9-6-14-25-15-21/h5-15H,3-4,16H2,1-2H3,(H,26,28). The molecule has 162 valence electrons. The Morgan fingerprint density at radius 2 is 1.65 bits per heavy atom. The number of carbonyl (C=O) groups excluding carboxylic acids is 1. The molecule has 0 radical (unpaired) electrons. The lowest BCUT2D eigenvalue weighted by molar-refractivity contribution is -0.114. The first-order valence-corrected chi connectivity index (χ1v) is 11.4. The zero-order valence-corrected chi connectivity index (χ0v) is 18.2. The predicted molar refractivity (Wildman–Crippen MR) is 119 cm³/mol. The Kier molecular flexibility index (Phi) is 7.02. The molecule has 3 aromatic rings. The highest BCUT2D eigenvalue weighted by atomic mass is 32.2.